The molecule has 0 radical (unpaired) electrons. The van der Waals surface area contributed by atoms with Crippen LogP contribution in [0.15, 0.2) is 36.4 Å². The Labute approximate surface area is 109 Å². The summed E-state index contributed by atoms with van der Waals surface area (Å²) >= 11 is 1.37. The van der Waals surface area contributed by atoms with E-state index in [9.17, 15) is 9.59 Å². The van der Waals surface area contributed by atoms with Crippen LogP contribution in [0, 0.1) is 6.92 Å². The number of aryl methyl sites for hydroxylation is 1. The number of carbonyl (C=O) groups excluding carboxylic acids is 2. The minimum Gasteiger partial charge on any atom is -0.422 e. The van der Waals surface area contributed by atoms with Crippen LogP contribution >= 0.6 is 11.3 Å². The van der Waals surface area contributed by atoms with Crippen molar-refractivity contribution in [3.63, 3.8) is 0 Å². The molecular weight excluding hydrogens is 248 g/mol. The zero-order valence-corrected chi connectivity index (χ0v) is 10.9. The summed E-state index contributed by atoms with van der Waals surface area (Å²) in [4.78, 5) is 24.9. The van der Waals surface area contributed by atoms with Gasteiger partial charge in [0.05, 0.1) is 5.56 Å². The van der Waals surface area contributed by atoms with Gasteiger partial charge in [-0.2, -0.15) is 0 Å². The van der Waals surface area contributed by atoms with E-state index in [1.54, 1.807) is 30.3 Å². The lowest BCUT2D eigenvalue weighted by Crippen LogP contribution is -2.09. The van der Waals surface area contributed by atoms with E-state index in [0.717, 1.165) is 4.88 Å². The highest BCUT2D eigenvalue weighted by atomic mass is 32.1. The minimum absolute atomic E-state index is 0.124. The number of rotatable bonds is 3. The molecule has 4 heteroatoms. The predicted octanol–water partition coefficient (Wildman–Crippen LogP) is 3.48. The molecule has 3 nitrogen and oxygen atoms in total. The molecule has 1 aromatic heterocycles. The third-order valence-electron chi connectivity index (χ3n) is 2.41. The lowest BCUT2D eigenvalue weighted by molar-refractivity contribution is 0.0738. The van der Waals surface area contributed by atoms with Gasteiger partial charge in [0.2, 0.25) is 0 Å². The Morgan fingerprint density at radius 1 is 1.11 bits per heavy atom. The summed E-state index contributed by atoms with van der Waals surface area (Å²) < 4.78 is 5.26. The number of hydrogen-bond acceptors (Lipinski definition) is 4. The molecule has 1 aromatic carbocycles. The Hall–Kier alpha value is -1.94. The lowest BCUT2D eigenvalue weighted by Gasteiger charge is -2.06. The number of carbonyl (C=O) groups is 2. The Kier molecular flexibility index (Phi) is 3.58. The number of benzene rings is 1. The third kappa shape index (κ3) is 2.65. The number of ether oxygens (including phenoxy) is 1. The van der Waals surface area contributed by atoms with Crippen molar-refractivity contribution < 1.29 is 14.3 Å². The first kappa shape index (κ1) is 12.5. The molecule has 0 aliphatic carbocycles. The third-order valence-corrected chi connectivity index (χ3v) is 3.39. The fourth-order valence-electron chi connectivity index (χ4n) is 1.54. The zero-order chi connectivity index (χ0) is 13.1. The number of hydrogen-bond donors (Lipinski definition) is 0. The first-order valence-electron chi connectivity index (χ1n) is 5.46. The summed E-state index contributed by atoms with van der Waals surface area (Å²) in [5.74, 6) is -0.247. The number of ketones is 1. The molecule has 0 saturated heterocycles. The Morgan fingerprint density at radius 2 is 1.83 bits per heavy atom. The minimum atomic E-state index is -0.429. The molecule has 0 saturated carbocycles. The van der Waals surface area contributed by atoms with Crippen molar-refractivity contribution in [3.8, 4) is 5.75 Å². The second kappa shape index (κ2) is 5.14. The SMILES string of the molecule is CC(=O)c1ccccc1OC(=O)c1ccc(C)s1. The van der Waals surface area contributed by atoms with E-state index in [1.807, 2.05) is 13.0 Å². The predicted molar refractivity (Wildman–Crippen MR) is 70.5 cm³/mol. The van der Waals surface area contributed by atoms with Crippen molar-refractivity contribution in [1.29, 1.82) is 0 Å². The molecule has 0 spiro atoms. The molecule has 0 N–H and O–H groups in total. The van der Waals surface area contributed by atoms with Crippen LogP contribution < -0.4 is 4.74 Å². The van der Waals surface area contributed by atoms with Crippen molar-refractivity contribution >= 4 is 23.1 Å². The average molecular weight is 260 g/mol. The maximum atomic E-state index is 11.9. The highest BCUT2D eigenvalue weighted by Crippen LogP contribution is 2.22. The van der Waals surface area contributed by atoms with Crippen LogP contribution in [0.1, 0.15) is 31.8 Å². The molecule has 0 fully saturated rings. The highest BCUT2D eigenvalue weighted by Gasteiger charge is 2.14. The van der Waals surface area contributed by atoms with Crippen molar-refractivity contribution in [2.45, 2.75) is 13.8 Å². The molecule has 0 unspecified atom stereocenters. The van der Waals surface area contributed by atoms with Gasteiger partial charge in [0.1, 0.15) is 10.6 Å². The van der Waals surface area contributed by atoms with Gasteiger partial charge in [-0.1, -0.05) is 12.1 Å². The first-order chi connectivity index (χ1) is 8.58. The number of para-hydroxylation sites is 1. The van der Waals surface area contributed by atoms with Gasteiger partial charge in [-0.05, 0) is 38.1 Å². The first-order valence-corrected chi connectivity index (χ1v) is 6.28. The van der Waals surface area contributed by atoms with E-state index >= 15 is 0 Å². The van der Waals surface area contributed by atoms with Crippen LogP contribution in [-0.2, 0) is 0 Å². The molecule has 1 heterocycles. The topological polar surface area (TPSA) is 43.4 Å². The van der Waals surface area contributed by atoms with Gasteiger partial charge < -0.3 is 4.74 Å². The van der Waals surface area contributed by atoms with E-state index in [1.165, 1.54) is 18.3 Å². The molecule has 0 amide bonds. The molecular formula is C14H12O3S. The smallest absolute Gasteiger partial charge is 0.353 e. The van der Waals surface area contributed by atoms with E-state index in [4.69, 9.17) is 4.74 Å². The Balaban J connectivity index is 2.24. The van der Waals surface area contributed by atoms with Crippen LogP contribution in [0.2, 0.25) is 0 Å². The summed E-state index contributed by atoms with van der Waals surface area (Å²) in [5.41, 5.74) is 0.416. The summed E-state index contributed by atoms with van der Waals surface area (Å²) in [6.45, 7) is 3.37. The van der Waals surface area contributed by atoms with Crippen molar-refractivity contribution in [1.82, 2.24) is 0 Å². The molecule has 0 atom stereocenters. The average Bonchev–Trinajstić information content (AvgIpc) is 2.76. The van der Waals surface area contributed by atoms with Crippen LogP contribution in [0.4, 0.5) is 0 Å². The van der Waals surface area contributed by atoms with E-state index in [0.29, 0.717) is 16.2 Å². The van der Waals surface area contributed by atoms with Crippen molar-refractivity contribution in [3.05, 3.63) is 51.7 Å². The van der Waals surface area contributed by atoms with Crippen LogP contribution in [0.5, 0.6) is 5.75 Å². The number of Topliss-reactive ketones (excluding diaryl/α,β-unsaturated/α-hetero) is 1. The second-order valence-corrected chi connectivity index (χ2v) is 5.14. The van der Waals surface area contributed by atoms with Gasteiger partial charge in [-0.25, -0.2) is 4.79 Å². The standard InChI is InChI=1S/C14H12O3S/c1-9-7-8-13(18-9)14(16)17-12-6-4-3-5-11(12)10(2)15/h3-8H,1-2H3. The zero-order valence-electron chi connectivity index (χ0n) is 10.1. The van der Waals surface area contributed by atoms with E-state index in [-0.39, 0.29) is 5.78 Å². The molecule has 0 bridgehead atoms. The van der Waals surface area contributed by atoms with Crippen LogP contribution in [0.25, 0.3) is 0 Å². The van der Waals surface area contributed by atoms with Gasteiger partial charge in [0.25, 0.3) is 0 Å². The molecule has 0 aliphatic heterocycles. The molecule has 2 aromatic rings. The van der Waals surface area contributed by atoms with Gasteiger partial charge >= 0.3 is 5.97 Å². The van der Waals surface area contributed by atoms with Crippen LogP contribution in [-0.4, -0.2) is 11.8 Å². The maximum Gasteiger partial charge on any atom is 0.353 e. The van der Waals surface area contributed by atoms with E-state index in [2.05, 4.69) is 0 Å². The summed E-state index contributed by atoms with van der Waals surface area (Å²) in [5, 5.41) is 0. The Bertz CT molecular complexity index is 599. The monoisotopic (exact) mass is 260 g/mol. The summed E-state index contributed by atoms with van der Waals surface area (Å²) in [6.07, 6.45) is 0. The normalized spacial score (nSPS) is 10.1. The van der Waals surface area contributed by atoms with Gasteiger partial charge in [-0.15, -0.1) is 11.3 Å². The van der Waals surface area contributed by atoms with Crippen molar-refractivity contribution in [2.75, 3.05) is 0 Å². The Morgan fingerprint density at radius 3 is 2.44 bits per heavy atom. The molecule has 18 heavy (non-hydrogen) atoms. The van der Waals surface area contributed by atoms with Gasteiger partial charge in [-0.3, -0.25) is 4.79 Å². The van der Waals surface area contributed by atoms with Crippen molar-refractivity contribution in [2.24, 2.45) is 0 Å². The van der Waals surface area contributed by atoms with E-state index < -0.39 is 5.97 Å². The lowest BCUT2D eigenvalue weighted by atomic mass is 10.1. The van der Waals surface area contributed by atoms with Gasteiger partial charge in [0.15, 0.2) is 5.78 Å². The summed E-state index contributed by atoms with van der Waals surface area (Å²) in [7, 11) is 0. The largest absolute Gasteiger partial charge is 0.422 e. The molecule has 0 aliphatic rings. The second-order valence-electron chi connectivity index (χ2n) is 3.85. The molecule has 92 valence electrons. The fourth-order valence-corrected chi connectivity index (χ4v) is 2.28. The summed E-state index contributed by atoms with van der Waals surface area (Å²) in [6, 6.07) is 10.3. The fraction of sp³-hybridized carbons (Fsp3) is 0.143. The quantitative estimate of drug-likeness (QED) is 0.482. The van der Waals surface area contributed by atoms with Crippen LogP contribution in [0.3, 0.4) is 0 Å². The number of esters is 1. The number of thiophene rings is 1. The molecule has 2 rings (SSSR count). The maximum absolute atomic E-state index is 11.9. The van der Waals surface area contributed by atoms with Gasteiger partial charge in [0, 0.05) is 4.88 Å². The highest BCUT2D eigenvalue weighted by molar-refractivity contribution is 7.13.